The molecule has 1 aliphatic heterocycles. The average molecular weight is 578 g/mol. The minimum absolute atomic E-state index is 0.173. The van der Waals surface area contributed by atoms with E-state index in [1.54, 1.807) is 6.07 Å². The number of β-amino-alcohol motifs (C(OH)–C–C–N with tert-alkyl or cyclic N) is 1. The maximum Gasteiger partial charge on any atom is 0.332 e. The molecule has 5 N–H and O–H groups in total. The number of nitrogens with zero attached hydrogens (tertiary/aromatic N) is 5. The van der Waals surface area contributed by atoms with Crippen LogP contribution in [-0.4, -0.2) is 92.5 Å². The van der Waals surface area contributed by atoms with Gasteiger partial charge in [-0.2, -0.15) is 0 Å². The quantitative estimate of drug-likeness (QED) is 0.267. The van der Waals surface area contributed by atoms with E-state index in [0.717, 1.165) is 37.6 Å². The van der Waals surface area contributed by atoms with Crippen molar-refractivity contribution in [3.63, 3.8) is 0 Å². The minimum atomic E-state index is -1.23. The number of halogens is 1. The standard InChI is InChI=1S/C22H26ClN7O2S.C3H6O3/c1-14-4-3-5-16(23)20(14)28-21(32)17-13-24-22(33-17)27-18-12-19(26-15(2)25-18)30-8-6-29(7-9-30)10-11-31;1-2(4)3(5)6/h3-5,12-13,31H,6-11H2,1-2H3,(H,28,32)(H,24,25,26,27);2,4H,1H3,(H,5,6). The number of carbonyl (C=O) groups excluding carboxylic acids is 1. The monoisotopic (exact) mass is 577 g/mol. The van der Waals surface area contributed by atoms with E-state index in [1.165, 1.54) is 24.5 Å². The fourth-order valence-electron chi connectivity index (χ4n) is 3.63. The first-order chi connectivity index (χ1) is 18.6. The van der Waals surface area contributed by atoms with Crippen LogP contribution < -0.4 is 15.5 Å². The van der Waals surface area contributed by atoms with Gasteiger partial charge in [-0.15, -0.1) is 0 Å². The van der Waals surface area contributed by atoms with Gasteiger partial charge in [0.2, 0.25) is 0 Å². The largest absolute Gasteiger partial charge is 0.479 e. The van der Waals surface area contributed by atoms with Gasteiger partial charge in [-0.25, -0.2) is 19.7 Å². The number of aliphatic carboxylic acids is 1. The average Bonchev–Trinajstić information content (AvgIpc) is 3.35. The zero-order chi connectivity index (χ0) is 28.5. The fraction of sp³-hybridized carbons (Fsp3) is 0.400. The number of nitrogens with one attached hydrogen (secondary N) is 2. The number of benzene rings is 1. The highest BCUT2D eigenvalue weighted by molar-refractivity contribution is 7.17. The lowest BCUT2D eigenvalue weighted by Gasteiger charge is -2.35. The summed E-state index contributed by atoms with van der Waals surface area (Å²) in [4.78, 5) is 40.4. The van der Waals surface area contributed by atoms with E-state index in [-0.39, 0.29) is 12.5 Å². The van der Waals surface area contributed by atoms with Crippen LogP contribution in [0.15, 0.2) is 30.5 Å². The van der Waals surface area contributed by atoms with Crippen molar-refractivity contribution in [3.8, 4) is 0 Å². The highest BCUT2D eigenvalue weighted by Crippen LogP contribution is 2.28. The number of hydrogen-bond acceptors (Lipinski definition) is 11. The van der Waals surface area contributed by atoms with Gasteiger partial charge in [-0.3, -0.25) is 9.69 Å². The van der Waals surface area contributed by atoms with Crippen molar-refractivity contribution in [1.82, 2.24) is 19.9 Å². The molecule has 0 saturated carbocycles. The number of rotatable bonds is 8. The molecule has 0 aliphatic carbocycles. The summed E-state index contributed by atoms with van der Waals surface area (Å²) in [5.74, 6) is 0.666. The van der Waals surface area contributed by atoms with Gasteiger partial charge in [-0.1, -0.05) is 35.1 Å². The van der Waals surface area contributed by atoms with E-state index in [0.29, 0.717) is 38.9 Å². The number of carbonyl (C=O) groups is 2. The van der Waals surface area contributed by atoms with Crippen LogP contribution in [0, 0.1) is 13.8 Å². The van der Waals surface area contributed by atoms with Gasteiger partial charge >= 0.3 is 5.97 Å². The molecule has 14 heteroatoms. The molecular weight excluding hydrogens is 546 g/mol. The molecule has 0 radical (unpaired) electrons. The Labute approximate surface area is 235 Å². The summed E-state index contributed by atoms with van der Waals surface area (Å²) in [6.07, 6.45) is 0.300. The highest BCUT2D eigenvalue weighted by Gasteiger charge is 2.19. The zero-order valence-electron chi connectivity index (χ0n) is 21.9. The highest BCUT2D eigenvalue weighted by atomic mass is 35.5. The van der Waals surface area contributed by atoms with E-state index in [1.807, 2.05) is 32.0 Å². The van der Waals surface area contributed by atoms with Crippen molar-refractivity contribution in [1.29, 1.82) is 0 Å². The number of aliphatic hydroxyl groups is 2. The van der Waals surface area contributed by atoms with Gasteiger partial charge in [0.05, 0.1) is 23.5 Å². The molecule has 1 unspecified atom stereocenters. The number of hydrogen-bond donors (Lipinski definition) is 5. The number of para-hydroxylation sites is 1. The van der Waals surface area contributed by atoms with E-state index in [2.05, 4.69) is 35.4 Å². The SMILES string of the molecule is CC(O)C(=O)O.Cc1nc(Nc2ncc(C(=O)Nc3c(C)cccc3Cl)s2)cc(N2CCN(CCO)CC2)n1. The lowest BCUT2D eigenvalue weighted by atomic mass is 10.2. The summed E-state index contributed by atoms with van der Waals surface area (Å²) in [7, 11) is 0. The van der Waals surface area contributed by atoms with Crippen molar-refractivity contribution in [2.75, 3.05) is 54.9 Å². The van der Waals surface area contributed by atoms with Gasteiger partial charge in [0.15, 0.2) is 5.13 Å². The number of aromatic nitrogens is 3. The number of anilines is 4. The maximum absolute atomic E-state index is 12.7. The van der Waals surface area contributed by atoms with Crippen LogP contribution in [0.4, 0.5) is 22.5 Å². The first-order valence-corrected chi connectivity index (χ1v) is 13.4. The molecular formula is C25H32ClN7O5S. The van der Waals surface area contributed by atoms with Gasteiger partial charge < -0.3 is 30.9 Å². The van der Waals surface area contributed by atoms with Crippen LogP contribution in [0.1, 0.15) is 28.0 Å². The first kappa shape index (κ1) is 30.2. The van der Waals surface area contributed by atoms with Crippen LogP contribution in [-0.2, 0) is 4.79 Å². The maximum atomic E-state index is 12.7. The Balaban J connectivity index is 0.000000631. The third-order valence-corrected chi connectivity index (χ3v) is 6.95. The van der Waals surface area contributed by atoms with Gasteiger partial charge in [0.1, 0.15) is 28.4 Å². The molecule has 12 nitrogen and oxygen atoms in total. The number of carboxylic acid groups (broad SMARTS) is 1. The van der Waals surface area contributed by atoms with Crippen molar-refractivity contribution < 1.29 is 24.9 Å². The predicted octanol–water partition coefficient (Wildman–Crippen LogP) is 2.77. The lowest BCUT2D eigenvalue weighted by molar-refractivity contribution is -0.145. The molecule has 1 fully saturated rings. The van der Waals surface area contributed by atoms with Crippen molar-refractivity contribution >= 4 is 57.3 Å². The lowest BCUT2D eigenvalue weighted by Crippen LogP contribution is -2.47. The molecule has 1 atom stereocenters. The van der Waals surface area contributed by atoms with Gasteiger partial charge in [-0.05, 0) is 32.4 Å². The zero-order valence-corrected chi connectivity index (χ0v) is 23.5. The van der Waals surface area contributed by atoms with Crippen LogP contribution >= 0.6 is 22.9 Å². The van der Waals surface area contributed by atoms with Crippen LogP contribution in [0.25, 0.3) is 0 Å². The molecule has 4 rings (SSSR count). The number of carboxylic acids is 1. The summed E-state index contributed by atoms with van der Waals surface area (Å²) in [6, 6.07) is 7.37. The summed E-state index contributed by atoms with van der Waals surface area (Å²) in [5, 5.41) is 32.0. The van der Waals surface area contributed by atoms with Crippen molar-refractivity contribution in [2.45, 2.75) is 26.9 Å². The Hall–Kier alpha value is -3.36. The second kappa shape index (κ2) is 14.1. The number of aliphatic hydroxyl groups excluding tert-OH is 2. The molecule has 1 aromatic carbocycles. The Morgan fingerprint density at radius 1 is 1.18 bits per heavy atom. The smallest absolute Gasteiger partial charge is 0.332 e. The van der Waals surface area contributed by atoms with Crippen molar-refractivity contribution in [3.05, 3.63) is 51.7 Å². The summed E-state index contributed by atoms with van der Waals surface area (Å²) in [5.41, 5.74) is 1.49. The minimum Gasteiger partial charge on any atom is -0.479 e. The Morgan fingerprint density at radius 2 is 1.87 bits per heavy atom. The van der Waals surface area contributed by atoms with E-state index < -0.39 is 12.1 Å². The second-order valence-corrected chi connectivity index (χ2v) is 10.2. The summed E-state index contributed by atoms with van der Waals surface area (Å²) < 4.78 is 0. The van der Waals surface area contributed by atoms with E-state index in [9.17, 15) is 9.59 Å². The van der Waals surface area contributed by atoms with E-state index >= 15 is 0 Å². The van der Waals surface area contributed by atoms with Crippen LogP contribution in [0.5, 0.6) is 0 Å². The van der Waals surface area contributed by atoms with Crippen molar-refractivity contribution in [2.24, 2.45) is 0 Å². The molecule has 1 amide bonds. The number of piperazine rings is 1. The predicted molar refractivity (Wildman–Crippen MR) is 151 cm³/mol. The van der Waals surface area contributed by atoms with E-state index in [4.69, 9.17) is 26.9 Å². The normalized spacial score (nSPS) is 14.3. The Bertz CT molecular complexity index is 1260. The van der Waals surface area contributed by atoms with Crippen LogP contribution in [0.3, 0.4) is 0 Å². The third kappa shape index (κ3) is 8.83. The molecule has 3 aromatic rings. The molecule has 1 aliphatic rings. The number of aryl methyl sites for hydroxylation is 2. The van der Waals surface area contributed by atoms with Crippen LogP contribution in [0.2, 0.25) is 5.02 Å². The number of thiazole rings is 1. The molecule has 1 saturated heterocycles. The second-order valence-electron chi connectivity index (χ2n) is 8.77. The Morgan fingerprint density at radius 3 is 2.49 bits per heavy atom. The molecule has 3 heterocycles. The molecule has 39 heavy (non-hydrogen) atoms. The summed E-state index contributed by atoms with van der Waals surface area (Å²) in [6.45, 7) is 9.22. The molecule has 0 spiro atoms. The first-order valence-electron chi connectivity index (χ1n) is 12.2. The number of amides is 1. The molecule has 2 aromatic heterocycles. The molecule has 0 bridgehead atoms. The third-order valence-electron chi connectivity index (χ3n) is 5.72. The fourth-order valence-corrected chi connectivity index (χ4v) is 4.62. The Kier molecular flexibility index (Phi) is 10.9. The van der Waals surface area contributed by atoms with Gasteiger partial charge in [0, 0.05) is 38.8 Å². The molecule has 210 valence electrons. The topological polar surface area (TPSA) is 164 Å². The summed E-state index contributed by atoms with van der Waals surface area (Å²) >= 11 is 7.46. The van der Waals surface area contributed by atoms with Gasteiger partial charge in [0.25, 0.3) is 5.91 Å².